The van der Waals surface area contributed by atoms with Gasteiger partial charge in [0.25, 0.3) is 0 Å². The standard InChI is InChI=1S/C23H40ClN5/c1-18-8-9-23(28-22(25)16-21(18)24)27-17-19-10-14-29(15-11-19)13-5-12-26-20-6-3-2-4-7-20/h9,16,18-20,26-27H,2-8,10-15,17H2,1H3,(H2,25,28)/b21-16+,23-9+. The van der Waals surface area contributed by atoms with Crippen LogP contribution in [0.15, 0.2) is 28.0 Å². The van der Waals surface area contributed by atoms with Crippen molar-refractivity contribution in [2.24, 2.45) is 22.6 Å². The van der Waals surface area contributed by atoms with Gasteiger partial charge in [-0.2, -0.15) is 0 Å². The van der Waals surface area contributed by atoms with Crippen molar-refractivity contribution < 1.29 is 0 Å². The highest BCUT2D eigenvalue weighted by Gasteiger charge is 2.19. The van der Waals surface area contributed by atoms with Crippen molar-refractivity contribution in [2.75, 3.05) is 32.7 Å². The van der Waals surface area contributed by atoms with Crippen LogP contribution < -0.4 is 16.4 Å². The lowest BCUT2D eigenvalue weighted by Crippen LogP contribution is -2.39. The summed E-state index contributed by atoms with van der Waals surface area (Å²) in [7, 11) is 0. The van der Waals surface area contributed by atoms with Crippen LogP contribution in [0.5, 0.6) is 0 Å². The van der Waals surface area contributed by atoms with Gasteiger partial charge in [0.1, 0.15) is 11.7 Å². The van der Waals surface area contributed by atoms with Gasteiger partial charge in [-0.25, -0.2) is 4.99 Å². The normalized spacial score (nSPS) is 31.0. The largest absolute Gasteiger partial charge is 0.384 e. The molecule has 2 heterocycles. The molecule has 0 aromatic rings. The Hall–Kier alpha value is -1.04. The fourth-order valence-corrected chi connectivity index (χ4v) is 4.79. The second-order valence-electron chi connectivity index (χ2n) is 9.10. The first kappa shape index (κ1) is 22.6. The van der Waals surface area contributed by atoms with Gasteiger partial charge >= 0.3 is 0 Å². The van der Waals surface area contributed by atoms with Crippen molar-refractivity contribution in [3.63, 3.8) is 0 Å². The van der Waals surface area contributed by atoms with Crippen LogP contribution >= 0.6 is 11.6 Å². The molecule has 5 nitrogen and oxygen atoms in total. The van der Waals surface area contributed by atoms with Crippen LogP contribution in [-0.4, -0.2) is 49.5 Å². The van der Waals surface area contributed by atoms with Gasteiger partial charge in [-0.3, -0.25) is 0 Å². The lowest BCUT2D eigenvalue weighted by molar-refractivity contribution is 0.181. The Morgan fingerprint density at radius 2 is 1.93 bits per heavy atom. The molecule has 1 atom stereocenters. The van der Waals surface area contributed by atoms with E-state index >= 15 is 0 Å². The van der Waals surface area contributed by atoms with E-state index in [0.717, 1.165) is 29.9 Å². The molecule has 2 fully saturated rings. The second kappa shape index (κ2) is 12.0. The molecule has 2 aliphatic heterocycles. The van der Waals surface area contributed by atoms with Crippen LogP contribution in [0.2, 0.25) is 0 Å². The molecule has 29 heavy (non-hydrogen) atoms. The molecule has 1 saturated heterocycles. The maximum Gasteiger partial charge on any atom is 0.126 e. The van der Waals surface area contributed by atoms with E-state index in [9.17, 15) is 0 Å². The molecule has 0 bridgehead atoms. The van der Waals surface area contributed by atoms with E-state index in [2.05, 4.69) is 33.5 Å². The number of nitrogens with two attached hydrogens (primary N) is 1. The van der Waals surface area contributed by atoms with Crippen LogP contribution in [0.4, 0.5) is 0 Å². The lowest BCUT2D eigenvalue weighted by atomic mass is 9.95. The minimum absolute atomic E-state index is 0.290. The molecule has 164 valence electrons. The highest BCUT2D eigenvalue weighted by Crippen LogP contribution is 2.22. The van der Waals surface area contributed by atoms with Crippen molar-refractivity contribution >= 4 is 17.4 Å². The number of nitrogens with one attached hydrogen (secondary N) is 2. The molecule has 3 rings (SSSR count). The summed E-state index contributed by atoms with van der Waals surface area (Å²) < 4.78 is 0. The summed E-state index contributed by atoms with van der Waals surface area (Å²) >= 11 is 6.23. The van der Waals surface area contributed by atoms with E-state index in [1.54, 1.807) is 6.08 Å². The number of likely N-dealkylation sites (tertiary alicyclic amines) is 1. The Morgan fingerprint density at radius 1 is 1.17 bits per heavy atom. The first-order valence-electron chi connectivity index (χ1n) is 11.7. The summed E-state index contributed by atoms with van der Waals surface area (Å²) in [6, 6.07) is 0.786. The number of aliphatic imine (C=N–C) groups is 1. The van der Waals surface area contributed by atoms with E-state index in [-0.39, 0.29) is 0 Å². The summed E-state index contributed by atoms with van der Waals surface area (Å²) in [4.78, 5) is 7.11. The Kier molecular flexibility index (Phi) is 9.35. The second-order valence-corrected chi connectivity index (χ2v) is 9.54. The molecule has 6 heteroatoms. The van der Waals surface area contributed by atoms with Gasteiger partial charge in [-0.15, -0.1) is 0 Å². The topological polar surface area (TPSA) is 65.7 Å². The quantitative estimate of drug-likeness (QED) is 0.519. The molecule has 0 radical (unpaired) electrons. The number of rotatable bonds is 8. The van der Waals surface area contributed by atoms with Crippen molar-refractivity contribution in [3.8, 4) is 0 Å². The minimum Gasteiger partial charge on any atom is -0.384 e. The average Bonchev–Trinajstić information content (AvgIpc) is 2.73. The van der Waals surface area contributed by atoms with Gasteiger partial charge in [-0.05, 0) is 88.7 Å². The van der Waals surface area contributed by atoms with E-state index in [4.69, 9.17) is 17.3 Å². The number of allylic oxidation sites excluding steroid dienone is 2. The van der Waals surface area contributed by atoms with E-state index in [0.29, 0.717) is 17.7 Å². The molecule has 3 aliphatic rings. The fourth-order valence-electron chi connectivity index (χ4n) is 4.59. The Balaban J connectivity index is 1.30. The maximum atomic E-state index is 6.23. The number of hydrogen-bond donors (Lipinski definition) is 3. The summed E-state index contributed by atoms with van der Waals surface area (Å²) in [6.45, 7) is 7.94. The van der Waals surface area contributed by atoms with Gasteiger partial charge in [0.15, 0.2) is 0 Å². The Morgan fingerprint density at radius 3 is 2.69 bits per heavy atom. The van der Waals surface area contributed by atoms with Gasteiger partial charge in [0, 0.05) is 17.6 Å². The SMILES string of the molecule is CC1C/C=C(NCC2CCN(CCCNC3CCCCC3)CC2)/N=C(N)\C=C/1Cl. The predicted octanol–water partition coefficient (Wildman–Crippen LogP) is 3.96. The molecule has 4 N–H and O–H groups in total. The van der Waals surface area contributed by atoms with Crippen molar-refractivity contribution in [1.82, 2.24) is 15.5 Å². The number of piperidine rings is 1. The number of halogens is 1. The zero-order valence-electron chi connectivity index (χ0n) is 18.1. The smallest absolute Gasteiger partial charge is 0.126 e. The summed E-state index contributed by atoms with van der Waals surface area (Å²) in [5.41, 5.74) is 5.98. The van der Waals surface area contributed by atoms with Gasteiger partial charge < -0.3 is 21.3 Å². The van der Waals surface area contributed by atoms with Crippen LogP contribution in [-0.2, 0) is 0 Å². The highest BCUT2D eigenvalue weighted by atomic mass is 35.5. The predicted molar refractivity (Wildman–Crippen MR) is 124 cm³/mol. The third-order valence-corrected chi connectivity index (χ3v) is 7.12. The number of amidine groups is 1. The molecular formula is C23H40ClN5. The molecule has 1 unspecified atom stereocenters. The lowest BCUT2D eigenvalue weighted by Gasteiger charge is -2.32. The third kappa shape index (κ3) is 7.95. The van der Waals surface area contributed by atoms with Crippen molar-refractivity contribution in [2.45, 2.75) is 70.8 Å². The van der Waals surface area contributed by atoms with E-state index in [1.165, 1.54) is 77.5 Å². The first-order valence-corrected chi connectivity index (χ1v) is 12.1. The first-order chi connectivity index (χ1) is 14.1. The minimum atomic E-state index is 0.290. The van der Waals surface area contributed by atoms with E-state index < -0.39 is 0 Å². The zero-order valence-corrected chi connectivity index (χ0v) is 18.9. The van der Waals surface area contributed by atoms with Crippen LogP contribution in [0.25, 0.3) is 0 Å². The van der Waals surface area contributed by atoms with Crippen molar-refractivity contribution in [3.05, 3.63) is 23.0 Å². The van der Waals surface area contributed by atoms with Gasteiger partial charge in [0.05, 0.1) is 0 Å². The average molecular weight is 422 g/mol. The Labute approximate surface area is 182 Å². The van der Waals surface area contributed by atoms with Crippen LogP contribution in [0.1, 0.15) is 64.7 Å². The van der Waals surface area contributed by atoms with Crippen molar-refractivity contribution in [1.29, 1.82) is 0 Å². The van der Waals surface area contributed by atoms with Gasteiger partial charge in [-0.1, -0.05) is 37.8 Å². The molecule has 0 spiro atoms. The molecule has 0 amide bonds. The molecular weight excluding hydrogens is 382 g/mol. The van der Waals surface area contributed by atoms with E-state index in [1.807, 2.05) is 0 Å². The number of nitrogens with zero attached hydrogens (tertiary/aromatic N) is 2. The molecule has 1 aliphatic carbocycles. The Bertz CT molecular complexity index is 586. The summed E-state index contributed by atoms with van der Waals surface area (Å²) in [5.74, 6) is 2.38. The zero-order chi connectivity index (χ0) is 20.5. The van der Waals surface area contributed by atoms with Crippen LogP contribution in [0, 0.1) is 11.8 Å². The summed E-state index contributed by atoms with van der Waals surface area (Å²) in [5, 5.41) is 8.07. The summed E-state index contributed by atoms with van der Waals surface area (Å²) in [6.07, 6.45) is 15.6. The molecule has 0 aromatic carbocycles. The fraction of sp³-hybridized carbons (Fsp3) is 0.783. The molecule has 0 aromatic heterocycles. The monoisotopic (exact) mass is 421 g/mol. The van der Waals surface area contributed by atoms with Crippen LogP contribution in [0.3, 0.4) is 0 Å². The highest BCUT2D eigenvalue weighted by molar-refractivity contribution is 6.31. The maximum absolute atomic E-state index is 6.23. The van der Waals surface area contributed by atoms with Gasteiger partial charge in [0.2, 0.25) is 0 Å². The third-order valence-electron chi connectivity index (χ3n) is 6.64. The molecule has 1 saturated carbocycles. The number of hydrogen-bond acceptors (Lipinski definition) is 5.